The number of rotatable bonds is 16. The Hall–Kier alpha value is -4.86. The van der Waals surface area contributed by atoms with Crippen LogP contribution in [0.25, 0.3) is 22.4 Å². The Labute approximate surface area is 393 Å². The molecule has 15 nitrogen and oxygen atoms in total. The van der Waals surface area contributed by atoms with E-state index in [0.29, 0.717) is 56.2 Å². The molecule has 5 amide bonds. The summed E-state index contributed by atoms with van der Waals surface area (Å²) < 4.78 is 14.7. The molecule has 0 saturated carbocycles. The quantitative estimate of drug-likeness (QED) is 0.0925. The second-order valence-electron chi connectivity index (χ2n) is 15.7. The van der Waals surface area contributed by atoms with Gasteiger partial charge in [0.15, 0.2) is 5.82 Å². The molecule has 1 unspecified atom stereocenters. The van der Waals surface area contributed by atoms with E-state index in [9.17, 15) is 19.2 Å². The number of nitrogens with zero attached hydrogens (tertiary/aromatic N) is 7. The summed E-state index contributed by atoms with van der Waals surface area (Å²) in [6.07, 6.45) is 6.97. The van der Waals surface area contributed by atoms with Gasteiger partial charge in [-0.3, -0.25) is 24.0 Å². The maximum atomic E-state index is 13.7. The number of nitrogens with one attached hydrogen (secondary N) is 4. The molecule has 0 bridgehead atoms. The third kappa shape index (κ3) is 11.5. The van der Waals surface area contributed by atoms with Crippen molar-refractivity contribution >= 4 is 97.2 Å². The van der Waals surface area contributed by atoms with Gasteiger partial charge in [-0.25, -0.2) is 9.78 Å². The minimum atomic E-state index is -0.664. The number of piperazine rings is 1. The first-order chi connectivity index (χ1) is 30.2. The van der Waals surface area contributed by atoms with Crippen molar-refractivity contribution in [1.82, 2.24) is 39.4 Å². The number of imidazole rings is 1. The molecule has 4 N–H and O–H groups in total. The Morgan fingerprint density at radius 3 is 2.21 bits per heavy atom. The molecule has 0 aliphatic carbocycles. The van der Waals surface area contributed by atoms with Gasteiger partial charge in [-0.15, -0.1) is 0 Å². The highest BCUT2D eigenvalue weighted by Gasteiger charge is 2.30. The van der Waals surface area contributed by atoms with Crippen molar-refractivity contribution in [3.63, 3.8) is 0 Å². The van der Waals surface area contributed by atoms with E-state index in [-0.39, 0.29) is 34.6 Å². The van der Waals surface area contributed by atoms with Crippen molar-refractivity contribution in [2.45, 2.75) is 40.2 Å². The average Bonchev–Trinajstić information content (AvgIpc) is 3.84. The van der Waals surface area contributed by atoms with Crippen LogP contribution in [-0.4, -0.2) is 120 Å². The van der Waals surface area contributed by atoms with Gasteiger partial charge < -0.3 is 35.2 Å². The van der Waals surface area contributed by atoms with Crippen LogP contribution in [0.1, 0.15) is 52.1 Å². The Morgan fingerprint density at radius 2 is 1.56 bits per heavy atom. The number of hydrogen-bond donors (Lipinski definition) is 4. The lowest BCUT2D eigenvalue weighted by Gasteiger charge is -2.36. The molecule has 0 radical (unpaired) electrons. The van der Waals surface area contributed by atoms with E-state index in [1.165, 1.54) is 8.47 Å². The normalized spacial score (nSPS) is 13.3. The summed E-state index contributed by atoms with van der Waals surface area (Å²) in [6, 6.07) is 12.3. The highest BCUT2D eigenvalue weighted by Crippen LogP contribution is 2.39. The van der Waals surface area contributed by atoms with E-state index < -0.39 is 47.4 Å². The minimum absolute atomic E-state index is 0.0104. The van der Waals surface area contributed by atoms with Crippen molar-refractivity contribution in [2.75, 3.05) is 64.0 Å². The SMILES string of the molecule is C=Ic1c(-c2cn(CCNC(=O)Nc3ccc(C)nc3)nc2C)ccc(-c2cnc(C(=O)Nc3ccc(C(=O)N4CCN(C(=O)C(CC)CC[NH+](C)C)CC4)c(Cl)c3)n2C)c1I=C. The van der Waals surface area contributed by atoms with Gasteiger partial charge in [-0.1, -0.05) is 81.1 Å². The first-order valence-corrected chi connectivity index (χ1v) is 26.3. The van der Waals surface area contributed by atoms with Gasteiger partial charge in [0, 0.05) is 88.0 Å². The first kappa shape index (κ1) is 47.6. The van der Waals surface area contributed by atoms with Gasteiger partial charge in [-0.2, -0.15) is 5.10 Å². The zero-order chi connectivity index (χ0) is 45.4. The van der Waals surface area contributed by atoms with Gasteiger partial charge in [0.05, 0.1) is 67.2 Å². The summed E-state index contributed by atoms with van der Waals surface area (Å²) in [5.41, 5.74) is 6.93. The number of carbonyl (C=O) groups is 4. The molecule has 63 heavy (non-hydrogen) atoms. The molecule has 1 atom stereocenters. The molecule has 1 fully saturated rings. The molecule has 1 aliphatic heterocycles. The van der Waals surface area contributed by atoms with Crippen LogP contribution in [0.4, 0.5) is 16.2 Å². The third-order valence-corrected chi connectivity index (χ3v) is 16.1. The monoisotopic (exact) mass is 1100 g/mol. The van der Waals surface area contributed by atoms with E-state index in [4.69, 9.17) is 16.7 Å². The molecule has 0 spiro atoms. The molecule has 1 aliphatic rings. The summed E-state index contributed by atoms with van der Waals surface area (Å²) >= 11 is 5.36. The Bertz CT molecular complexity index is 2510. The summed E-state index contributed by atoms with van der Waals surface area (Å²) in [5, 5.41) is 13.5. The van der Waals surface area contributed by atoms with Crippen LogP contribution < -0.4 is 20.9 Å². The molecule has 18 heteroatoms. The van der Waals surface area contributed by atoms with E-state index in [1.54, 1.807) is 40.1 Å². The molecule has 2 aromatic carbocycles. The largest absolute Gasteiger partial charge is 0.340 e. The molecule has 3 aromatic heterocycles. The number of halogens is 3. The van der Waals surface area contributed by atoms with E-state index in [2.05, 4.69) is 68.1 Å². The number of hydrogen-bond acceptors (Lipinski definition) is 7. The zero-order valence-corrected chi connectivity index (χ0v) is 41.6. The number of amides is 5. The van der Waals surface area contributed by atoms with Crippen LogP contribution >= 0.6 is 53.1 Å². The number of aromatic nitrogens is 5. The van der Waals surface area contributed by atoms with Crippen LogP contribution in [-0.2, 0) is 18.4 Å². The molecule has 1 saturated heterocycles. The number of carbonyl (C=O) groups excluding carboxylic acids is 4. The molecular weight excluding hydrogens is 1050 g/mol. The smallest absolute Gasteiger partial charge is 0.319 e. The average molecular weight is 1100 g/mol. The molecule has 4 heterocycles. The van der Waals surface area contributed by atoms with Gasteiger partial charge in [0.2, 0.25) is 5.91 Å². The van der Waals surface area contributed by atoms with Crippen molar-refractivity contribution in [3.8, 4) is 22.4 Å². The van der Waals surface area contributed by atoms with Crippen molar-refractivity contribution in [3.05, 3.63) is 96.0 Å². The van der Waals surface area contributed by atoms with Crippen LogP contribution in [0.5, 0.6) is 0 Å². The fourth-order valence-corrected chi connectivity index (χ4v) is 12.7. The van der Waals surface area contributed by atoms with E-state index in [1.807, 2.05) is 48.8 Å². The number of aryl methyl sites for hydroxylation is 2. The summed E-state index contributed by atoms with van der Waals surface area (Å²) in [7, 11) is 5.99. The van der Waals surface area contributed by atoms with Gasteiger partial charge >= 0.3 is 6.03 Å². The summed E-state index contributed by atoms with van der Waals surface area (Å²) in [4.78, 5) is 66.5. The standard InChI is InChI=1S/C45H54ClI2N11O4/c1-9-30(16-18-55(6)7)43(61)57-20-22-58(23-21-57)44(62)34-13-12-31(24-37(34)46)52-42(60)41-51-26-38(56(41)8)35-15-14-33(39(47-4)40(35)48-5)36-27-59(54-29(36)3)19-17-49-45(63)53-32-11-10-28(2)50-25-32/h10-15,24-27,30H,4-5,9,16-23H2,1-3,6-8H3,(H,52,60)(H2,49,53,63)/p+1. The molecule has 334 valence electrons. The predicted molar refractivity (Wildman–Crippen MR) is 268 cm³/mol. The maximum absolute atomic E-state index is 13.7. The molecule has 6 rings (SSSR count). The topological polar surface area (TPSA) is 164 Å². The van der Waals surface area contributed by atoms with Crippen LogP contribution in [0.3, 0.4) is 0 Å². The highest BCUT2D eigenvalue weighted by molar-refractivity contribution is 14.2. The summed E-state index contributed by atoms with van der Waals surface area (Å²) in [6.45, 7) is 9.52. The van der Waals surface area contributed by atoms with Crippen LogP contribution in [0.15, 0.2) is 61.1 Å². The number of pyridine rings is 1. The third-order valence-electron chi connectivity index (χ3n) is 11.0. The van der Waals surface area contributed by atoms with Gasteiger partial charge in [0.1, 0.15) is 0 Å². The fraction of sp³-hybridized carbons (Fsp3) is 0.356. The second-order valence-corrected chi connectivity index (χ2v) is 19.7. The lowest BCUT2D eigenvalue weighted by Crippen LogP contribution is -3.05. The van der Waals surface area contributed by atoms with Crippen molar-refractivity contribution in [2.24, 2.45) is 13.0 Å². The number of urea groups is 1. The number of quaternary nitrogens is 1. The Balaban J connectivity index is 1.09. The van der Waals surface area contributed by atoms with Gasteiger partial charge in [-0.05, 0) is 56.2 Å². The van der Waals surface area contributed by atoms with Gasteiger partial charge in [0.25, 0.3) is 11.8 Å². The lowest BCUT2D eigenvalue weighted by molar-refractivity contribution is -0.858. The van der Waals surface area contributed by atoms with E-state index in [0.717, 1.165) is 56.7 Å². The fourth-order valence-electron chi connectivity index (χ4n) is 7.46. The van der Waals surface area contributed by atoms with Crippen molar-refractivity contribution in [1.29, 1.82) is 0 Å². The highest BCUT2D eigenvalue weighted by atomic mass is 127. The number of anilines is 2. The van der Waals surface area contributed by atoms with E-state index >= 15 is 0 Å². The van der Waals surface area contributed by atoms with Crippen molar-refractivity contribution < 1.29 is 24.1 Å². The Morgan fingerprint density at radius 1 is 0.873 bits per heavy atom. The second kappa shape index (κ2) is 21.7. The molecular formula is C45H55ClI2N11O4+. The Kier molecular flexibility index (Phi) is 16.4. The summed E-state index contributed by atoms with van der Waals surface area (Å²) in [5.74, 6) is -0.277. The van der Waals surface area contributed by atoms with Crippen LogP contribution in [0, 0.1) is 26.9 Å². The first-order valence-electron chi connectivity index (χ1n) is 20.7. The lowest BCUT2D eigenvalue weighted by atomic mass is 10.00. The number of benzene rings is 2. The zero-order valence-electron chi connectivity index (χ0n) is 36.5. The minimum Gasteiger partial charge on any atom is -0.340 e. The predicted octanol–water partition coefficient (Wildman–Crippen LogP) is 5.68. The maximum Gasteiger partial charge on any atom is 0.319 e. The molecule has 5 aromatic rings. The van der Waals surface area contributed by atoms with Crippen LogP contribution in [0.2, 0.25) is 5.02 Å².